The Morgan fingerprint density at radius 2 is 1.80 bits per heavy atom. The van der Waals surface area contributed by atoms with Crippen molar-refractivity contribution < 1.29 is 4.79 Å². The number of rotatable bonds is 1. The van der Waals surface area contributed by atoms with Gasteiger partial charge in [0.05, 0.1) is 11.5 Å². The highest BCUT2D eigenvalue weighted by molar-refractivity contribution is 6.04. The molecule has 2 N–H and O–H groups in total. The maximum atomic E-state index is 11.8. The summed E-state index contributed by atoms with van der Waals surface area (Å²) >= 11 is 0. The zero-order valence-corrected chi connectivity index (χ0v) is 9.32. The summed E-state index contributed by atoms with van der Waals surface area (Å²) in [6.07, 6.45) is 0. The predicted molar refractivity (Wildman–Crippen MR) is 61.6 cm³/mol. The van der Waals surface area contributed by atoms with Crippen LogP contribution >= 0.6 is 0 Å². The highest BCUT2D eigenvalue weighted by Crippen LogP contribution is 2.40. The monoisotopic (exact) mass is 204 g/mol. The van der Waals surface area contributed by atoms with Crippen molar-refractivity contribution in [1.82, 2.24) is 0 Å². The maximum absolute atomic E-state index is 11.8. The smallest absolute Gasteiger partial charge is 0.232 e. The molecule has 0 saturated carbocycles. The minimum absolute atomic E-state index is 0.0901. The average molecular weight is 204 g/mol. The number of amides is 1. The zero-order chi connectivity index (χ0) is 11.2. The molecule has 0 aliphatic carbocycles. The van der Waals surface area contributed by atoms with Gasteiger partial charge < -0.3 is 10.6 Å². The largest absolute Gasteiger partial charge is 0.399 e. The van der Waals surface area contributed by atoms with E-state index in [9.17, 15) is 4.79 Å². The van der Waals surface area contributed by atoms with Crippen LogP contribution in [0.25, 0.3) is 0 Å². The molecule has 1 aliphatic rings. The van der Waals surface area contributed by atoms with Gasteiger partial charge >= 0.3 is 0 Å². The van der Waals surface area contributed by atoms with Crippen molar-refractivity contribution in [3.05, 3.63) is 24.3 Å². The first-order valence-electron chi connectivity index (χ1n) is 5.14. The van der Waals surface area contributed by atoms with E-state index in [2.05, 4.69) is 13.8 Å². The van der Waals surface area contributed by atoms with Crippen LogP contribution in [0.5, 0.6) is 0 Å². The van der Waals surface area contributed by atoms with E-state index in [-0.39, 0.29) is 17.4 Å². The van der Waals surface area contributed by atoms with Crippen molar-refractivity contribution in [2.24, 2.45) is 5.92 Å². The molecule has 1 unspecified atom stereocenters. The fourth-order valence-electron chi connectivity index (χ4n) is 1.99. The summed E-state index contributed by atoms with van der Waals surface area (Å²) in [5.41, 5.74) is 7.17. The molecule has 1 amide bonds. The van der Waals surface area contributed by atoms with E-state index in [0.29, 0.717) is 0 Å². The lowest BCUT2D eigenvalue weighted by atomic mass is 9.77. The summed E-state index contributed by atoms with van der Waals surface area (Å²) in [5, 5.41) is 0. The molecule has 15 heavy (non-hydrogen) atoms. The van der Waals surface area contributed by atoms with Crippen LogP contribution in [0.4, 0.5) is 11.4 Å². The Morgan fingerprint density at radius 3 is 2.27 bits per heavy atom. The molecule has 1 aromatic rings. The number of nitrogens with two attached hydrogens (primary N) is 1. The molecule has 0 spiro atoms. The van der Waals surface area contributed by atoms with E-state index in [1.54, 1.807) is 0 Å². The highest BCUT2D eigenvalue weighted by Gasteiger charge is 2.51. The van der Waals surface area contributed by atoms with E-state index in [1.165, 1.54) is 0 Å². The second-order valence-corrected chi connectivity index (χ2v) is 4.64. The number of nitrogens with zero attached hydrogens (tertiary/aromatic N) is 1. The lowest BCUT2D eigenvalue weighted by molar-refractivity contribution is -0.132. The lowest BCUT2D eigenvalue weighted by Gasteiger charge is -2.52. The first-order valence-corrected chi connectivity index (χ1v) is 5.14. The zero-order valence-electron chi connectivity index (χ0n) is 9.32. The van der Waals surface area contributed by atoms with Crippen molar-refractivity contribution in [1.29, 1.82) is 0 Å². The third-order valence-corrected chi connectivity index (χ3v) is 3.38. The number of hydrogen-bond acceptors (Lipinski definition) is 2. The quantitative estimate of drug-likeness (QED) is 0.562. The van der Waals surface area contributed by atoms with Crippen LogP contribution in [0.1, 0.15) is 20.8 Å². The van der Waals surface area contributed by atoms with Crippen LogP contribution in [0.3, 0.4) is 0 Å². The summed E-state index contributed by atoms with van der Waals surface area (Å²) in [6, 6.07) is 7.42. The molecule has 1 fully saturated rings. The Labute approximate surface area is 89.9 Å². The average Bonchev–Trinajstić information content (AvgIpc) is 2.20. The Morgan fingerprint density at radius 1 is 1.27 bits per heavy atom. The van der Waals surface area contributed by atoms with Crippen molar-refractivity contribution in [2.75, 3.05) is 10.6 Å². The topological polar surface area (TPSA) is 46.3 Å². The number of carbonyl (C=O) groups is 1. The van der Waals surface area contributed by atoms with Gasteiger partial charge in [0.2, 0.25) is 5.91 Å². The summed E-state index contributed by atoms with van der Waals surface area (Å²) in [6.45, 7) is 6.13. The molecule has 3 nitrogen and oxygen atoms in total. The Balaban J connectivity index is 2.33. The fourth-order valence-corrected chi connectivity index (χ4v) is 1.99. The van der Waals surface area contributed by atoms with Crippen molar-refractivity contribution in [3.8, 4) is 0 Å². The van der Waals surface area contributed by atoms with Gasteiger partial charge in [-0.3, -0.25) is 4.79 Å². The van der Waals surface area contributed by atoms with Crippen molar-refractivity contribution in [3.63, 3.8) is 0 Å². The van der Waals surface area contributed by atoms with Gasteiger partial charge in [-0.25, -0.2) is 0 Å². The lowest BCUT2D eigenvalue weighted by Crippen LogP contribution is -2.67. The van der Waals surface area contributed by atoms with Gasteiger partial charge in [-0.1, -0.05) is 6.92 Å². The Hall–Kier alpha value is -1.51. The molecule has 0 aromatic heterocycles. The molecule has 1 aliphatic heterocycles. The summed E-state index contributed by atoms with van der Waals surface area (Å²) < 4.78 is 0. The van der Waals surface area contributed by atoms with Crippen molar-refractivity contribution in [2.45, 2.75) is 26.3 Å². The molecule has 1 heterocycles. The number of anilines is 2. The molecule has 1 atom stereocenters. The second-order valence-electron chi connectivity index (χ2n) is 4.64. The van der Waals surface area contributed by atoms with E-state index in [0.717, 1.165) is 11.4 Å². The SMILES string of the molecule is CC1C(=O)N(c2ccc(N)cc2)C1(C)C. The van der Waals surface area contributed by atoms with E-state index in [4.69, 9.17) is 5.73 Å². The highest BCUT2D eigenvalue weighted by atomic mass is 16.2. The second kappa shape index (κ2) is 2.99. The fraction of sp³-hybridized carbons (Fsp3) is 0.417. The third kappa shape index (κ3) is 1.30. The van der Waals surface area contributed by atoms with Crippen LogP contribution in [-0.4, -0.2) is 11.4 Å². The summed E-state index contributed by atoms with van der Waals surface area (Å²) in [5.74, 6) is 0.278. The normalized spacial score (nSPS) is 23.8. The molecule has 1 saturated heterocycles. The van der Waals surface area contributed by atoms with E-state index in [1.807, 2.05) is 36.1 Å². The molecule has 0 bridgehead atoms. The Bertz CT molecular complexity index is 395. The van der Waals surface area contributed by atoms with Gasteiger partial charge in [-0.2, -0.15) is 0 Å². The maximum Gasteiger partial charge on any atom is 0.232 e. The van der Waals surface area contributed by atoms with Crippen LogP contribution in [0.15, 0.2) is 24.3 Å². The van der Waals surface area contributed by atoms with Crippen LogP contribution in [0, 0.1) is 5.92 Å². The van der Waals surface area contributed by atoms with Gasteiger partial charge in [0.15, 0.2) is 0 Å². The van der Waals surface area contributed by atoms with E-state index >= 15 is 0 Å². The van der Waals surface area contributed by atoms with E-state index < -0.39 is 0 Å². The van der Waals surface area contributed by atoms with Crippen LogP contribution < -0.4 is 10.6 Å². The first kappa shape index (κ1) is 10.0. The molecule has 0 radical (unpaired) electrons. The molecular weight excluding hydrogens is 188 g/mol. The first-order chi connectivity index (χ1) is 6.94. The molecule has 3 heteroatoms. The summed E-state index contributed by atoms with van der Waals surface area (Å²) in [7, 11) is 0. The molecule has 80 valence electrons. The van der Waals surface area contributed by atoms with Gasteiger partial charge in [0, 0.05) is 11.4 Å². The predicted octanol–water partition coefficient (Wildman–Crippen LogP) is 2.03. The minimum Gasteiger partial charge on any atom is -0.399 e. The van der Waals surface area contributed by atoms with Gasteiger partial charge in [0.1, 0.15) is 0 Å². The molecule has 1 aromatic carbocycles. The van der Waals surface area contributed by atoms with Gasteiger partial charge in [-0.05, 0) is 38.1 Å². The Kier molecular flexibility index (Phi) is 2.00. The van der Waals surface area contributed by atoms with Crippen molar-refractivity contribution >= 4 is 17.3 Å². The summed E-state index contributed by atoms with van der Waals surface area (Å²) in [4.78, 5) is 13.6. The van der Waals surface area contributed by atoms with Crippen LogP contribution in [0.2, 0.25) is 0 Å². The number of benzene rings is 1. The minimum atomic E-state index is -0.0901. The van der Waals surface area contributed by atoms with Crippen LogP contribution in [-0.2, 0) is 4.79 Å². The number of nitrogen functional groups attached to an aromatic ring is 1. The molecular formula is C12H16N2O. The van der Waals surface area contributed by atoms with Gasteiger partial charge in [-0.15, -0.1) is 0 Å². The van der Waals surface area contributed by atoms with Gasteiger partial charge in [0.25, 0.3) is 0 Å². The third-order valence-electron chi connectivity index (χ3n) is 3.38. The number of carbonyl (C=O) groups excluding carboxylic acids is 1. The molecule has 2 rings (SSSR count). The standard InChI is InChI=1S/C12H16N2O/c1-8-11(15)14(12(8,2)3)10-6-4-9(13)5-7-10/h4-8H,13H2,1-3H3. The number of β-lactam (4-membered cyclic amide) rings is 1. The number of hydrogen-bond donors (Lipinski definition) is 1.